The minimum Gasteiger partial charge on any atom is -0.452 e. The van der Waals surface area contributed by atoms with Crippen molar-refractivity contribution >= 4 is 39.2 Å². The number of nitro benzene ring substituents is 1. The summed E-state index contributed by atoms with van der Waals surface area (Å²) < 4.78 is 5.93. The number of halogens is 1. The van der Waals surface area contributed by atoms with Gasteiger partial charge in [-0.05, 0) is 31.2 Å². The van der Waals surface area contributed by atoms with Gasteiger partial charge in [-0.2, -0.15) is 0 Å². The second kappa shape index (κ2) is 8.39. The number of hydrogen-bond acceptors (Lipinski definition) is 5. The number of amides is 1. The quantitative estimate of drug-likeness (QED) is 0.449. The number of ether oxygens (including phenoxy) is 1. The largest absolute Gasteiger partial charge is 0.452 e. The van der Waals surface area contributed by atoms with E-state index in [0.717, 1.165) is 4.47 Å². The van der Waals surface area contributed by atoms with E-state index in [1.807, 2.05) is 0 Å². The Morgan fingerprint density at radius 2 is 1.84 bits per heavy atom. The smallest absolute Gasteiger partial charge is 0.311 e. The number of rotatable bonds is 6. The number of nitrogens with zero attached hydrogens (tertiary/aromatic N) is 1. The summed E-state index contributed by atoms with van der Waals surface area (Å²) in [5, 5.41) is 13.6. The van der Waals surface area contributed by atoms with Gasteiger partial charge < -0.3 is 10.1 Å². The molecule has 0 aliphatic heterocycles. The zero-order valence-corrected chi connectivity index (χ0v) is 14.9. The molecule has 0 saturated heterocycles. The number of carbonyl (C=O) groups excluding carboxylic acids is 2. The summed E-state index contributed by atoms with van der Waals surface area (Å²) in [4.78, 5) is 34.4. The van der Waals surface area contributed by atoms with Crippen molar-refractivity contribution in [2.75, 3.05) is 5.32 Å². The lowest BCUT2D eigenvalue weighted by molar-refractivity contribution is -0.385. The van der Waals surface area contributed by atoms with Gasteiger partial charge in [0, 0.05) is 21.8 Å². The van der Waals surface area contributed by atoms with Gasteiger partial charge in [-0.3, -0.25) is 19.7 Å². The van der Waals surface area contributed by atoms with Crippen LogP contribution < -0.4 is 5.32 Å². The summed E-state index contributed by atoms with van der Waals surface area (Å²) in [5.41, 5.74) is 0.638. The van der Waals surface area contributed by atoms with Gasteiger partial charge in [-0.1, -0.05) is 34.1 Å². The van der Waals surface area contributed by atoms with Crippen LogP contribution in [0.1, 0.15) is 12.5 Å². The van der Waals surface area contributed by atoms with Gasteiger partial charge in [-0.15, -0.1) is 0 Å². The standard InChI is InChI=1S/C17H15BrN2O5/c1-11(17(22)19-14-8-6-13(18)7-9-14)25-16(21)10-12-4-2-3-5-15(12)20(23)24/h2-9,11H,10H2,1H3,(H,19,22). The molecular weight excluding hydrogens is 392 g/mol. The van der Waals surface area contributed by atoms with E-state index < -0.39 is 22.9 Å². The molecule has 2 rings (SSSR count). The first-order chi connectivity index (χ1) is 11.9. The molecule has 1 unspecified atom stereocenters. The average molecular weight is 407 g/mol. The minimum atomic E-state index is -1.03. The third-order valence-corrected chi connectivity index (χ3v) is 3.84. The van der Waals surface area contributed by atoms with Crippen LogP contribution in [0.4, 0.5) is 11.4 Å². The summed E-state index contributed by atoms with van der Waals surface area (Å²) in [7, 11) is 0. The maximum Gasteiger partial charge on any atom is 0.311 e. The summed E-state index contributed by atoms with van der Waals surface area (Å²) in [6.45, 7) is 1.44. The normalized spacial score (nSPS) is 11.4. The Kier molecular flexibility index (Phi) is 6.24. The van der Waals surface area contributed by atoms with Crippen LogP contribution >= 0.6 is 15.9 Å². The molecule has 0 aromatic heterocycles. The number of hydrogen-bond donors (Lipinski definition) is 1. The number of carbonyl (C=O) groups is 2. The summed E-state index contributed by atoms with van der Waals surface area (Å²) in [5.74, 6) is -1.20. The topological polar surface area (TPSA) is 98.5 Å². The van der Waals surface area contributed by atoms with Crippen LogP contribution in [0.3, 0.4) is 0 Å². The van der Waals surface area contributed by atoms with Crippen LogP contribution in [0.25, 0.3) is 0 Å². The van der Waals surface area contributed by atoms with Crippen molar-refractivity contribution in [1.82, 2.24) is 0 Å². The van der Waals surface area contributed by atoms with Crippen LogP contribution in [0, 0.1) is 10.1 Å². The molecule has 0 spiro atoms. The fourth-order valence-electron chi connectivity index (χ4n) is 2.06. The Bertz CT molecular complexity index is 792. The van der Waals surface area contributed by atoms with Gasteiger partial charge >= 0.3 is 5.97 Å². The average Bonchev–Trinajstić information content (AvgIpc) is 2.57. The van der Waals surface area contributed by atoms with E-state index in [4.69, 9.17) is 4.74 Å². The van der Waals surface area contributed by atoms with Crippen molar-refractivity contribution in [3.63, 3.8) is 0 Å². The first kappa shape index (κ1) is 18.6. The molecule has 1 atom stereocenters. The predicted molar refractivity (Wildman–Crippen MR) is 95.1 cm³/mol. The molecule has 2 aromatic carbocycles. The molecule has 2 aromatic rings. The number of para-hydroxylation sites is 1. The molecule has 1 N–H and O–H groups in total. The molecular formula is C17H15BrN2O5. The molecule has 0 aliphatic rings. The molecule has 8 heteroatoms. The highest BCUT2D eigenvalue weighted by Gasteiger charge is 2.21. The van der Waals surface area contributed by atoms with E-state index in [2.05, 4.69) is 21.2 Å². The number of nitrogens with one attached hydrogen (secondary N) is 1. The van der Waals surface area contributed by atoms with Crippen molar-refractivity contribution in [3.8, 4) is 0 Å². The van der Waals surface area contributed by atoms with Gasteiger partial charge in [0.05, 0.1) is 11.3 Å². The summed E-state index contributed by atoms with van der Waals surface area (Å²) in [6.07, 6.45) is -1.31. The molecule has 0 fully saturated rings. The lowest BCUT2D eigenvalue weighted by atomic mass is 10.1. The Balaban J connectivity index is 1.94. The van der Waals surface area contributed by atoms with E-state index in [1.54, 1.807) is 30.3 Å². The second-order valence-electron chi connectivity index (χ2n) is 5.19. The van der Waals surface area contributed by atoms with Crippen LogP contribution in [0.15, 0.2) is 53.0 Å². The predicted octanol–water partition coefficient (Wildman–Crippen LogP) is 3.47. The van der Waals surface area contributed by atoms with Gasteiger partial charge in [0.2, 0.25) is 0 Å². The highest BCUT2D eigenvalue weighted by atomic mass is 79.9. The minimum absolute atomic E-state index is 0.161. The fraction of sp³-hybridized carbons (Fsp3) is 0.176. The number of nitro groups is 1. The maximum atomic E-state index is 12.1. The van der Waals surface area contributed by atoms with E-state index in [-0.39, 0.29) is 17.7 Å². The van der Waals surface area contributed by atoms with Crippen molar-refractivity contribution in [2.24, 2.45) is 0 Å². The monoisotopic (exact) mass is 406 g/mol. The van der Waals surface area contributed by atoms with Crippen LogP contribution in [0.2, 0.25) is 0 Å². The van der Waals surface area contributed by atoms with E-state index in [1.165, 1.54) is 25.1 Å². The van der Waals surface area contributed by atoms with E-state index in [0.29, 0.717) is 5.69 Å². The molecule has 130 valence electrons. The molecule has 25 heavy (non-hydrogen) atoms. The number of esters is 1. The molecule has 0 aliphatic carbocycles. The molecule has 0 saturated carbocycles. The van der Waals surface area contributed by atoms with Gasteiger partial charge in [-0.25, -0.2) is 0 Å². The summed E-state index contributed by atoms with van der Waals surface area (Å²) in [6, 6.07) is 12.8. The Morgan fingerprint density at radius 1 is 1.20 bits per heavy atom. The first-order valence-electron chi connectivity index (χ1n) is 7.35. The molecule has 0 heterocycles. The van der Waals surface area contributed by atoms with Crippen molar-refractivity contribution in [1.29, 1.82) is 0 Å². The summed E-state index contributed by atoms with van der Waals surface area (Å²) >= 11 is 3.29. The zero-order chi connectivity index (χ0) is 18.4. The molecule has 0 bridgehead atoms. The number of benzene rings is 2. The number of anilines is 1. The van der Waals surface area contributed by atoms with Crippen LogP contribution in [-0.2, 0) is 20.7 Å². The second-order valence-corrected chi connectivity index (χ2v) is 6.11. The lowest BCUT2D eigenvalue weighted by Gasteiger charge is -2.13. The van der Waals surface area contributed by atoms with Gasteiger partial charge in [0.1, 0.15) is 0 Å². The highest BCUT2D eigenvalue weighted by Crippen LogP contribution is 2.19. The third-order valence-electron chi connectivity index (χ3n) is 3.31. The maximum absolute atomic E-state index is 12.1. The van der Waals surface area contributed by atoms with Crippen molar-refractivity contribution < 1.29 is 19.2 Å². The Labute approximate surface area is 152 Å². The highest BCUT2D eigenvalue weighted by molar-refractivity contribution is 9.10. The fourth-order valence-corrected chi connectivity index (χ4v) is 2.33. The third kappa shape index (κ3) is 5.39. The Morgan fingerprint density at radius 3 is 2.48 bits per heavy atom. The lowest BCUT2D eigenvalue weighted by Crippen LogP contribution is -2.30. The van der Waals surface area contributed by atoms with Crippen molar-refractivity contribution in [2.45, 2.75) is 19.4 Å². The van der Waals surface area contributed by atoms with Crippen LogP contribution in [-0.4, -0.2) is 22.9 Å². The molecule has 0 radical (unpaired) electrons. The van der Waals surface area contributed by atoms with Crippen molar-refractivity contribution in [3.05, 3.63) is 68.7 Å². The van der Waals surface area contributed by atoms with E-state index in [9.17, 15) is 19.7 Å². The zero-order valence-electron chi connectivity index (χ0n) is 13.3. The van der Waals surface area contributed by atoms with Gasteiger partial charge in [0.15, 0.2) is 6.10 Å². The van der Waals surface area contributed by atoms with E-state index >= 15 is 0 Å². The molecule has 1 amide bonds. The molecule has 7 nitrogen and oxygen atoms in total. The Hall–Kier alpha value is -2.74. The van der Waals surface area contributed by atoms with Crippen LogP contribution in [0.5, 0.6) is 0 Å². The first-order valence-corrected chi connectivity index (χ1v) is 8.14. The van der Waals surface area contributed by atoms with Gasteiger partial charge in [0.25, 0.3) is 11.6 Å². The SMILES string of the molecule is CC(OC(=O)Cc1ccccc1[N+](=O)[O-])C(=O)Nc1ccc(Br)cc1.